The van der Waals surface area contributed by atoms with E-state index in [1.54, 1.807) is 34.5 Å². The molecule has 0 fully saturated rings. The Morgan fingerprint density at radius 1 is 0.738 bits per heavy atom. The van der Waals surface area contributed by atoms with Crippen molar-refractivity contribution in [3.05, 3.63) is 125 Å². The van der Waals surface area contributed by atoms with Gasteiger partial charge in [-0.3, -0.25) is 19.0 Å². The van der Waals surface area contributed by atoms with Gasteiger partial charge in [0.1, 0.15) is 40.0 Å². The number of aromatic nitrogens is 4. The summed E-state index contributed by atoms with van der Waals surface area (Å²) in [6.07, 6.45) is 3.04. The predicted molar refractivity (Wildman–Crippen MR) is 232 cm³/mol. The largest absolute Gasteiger partial charge is 0.504 e. The normalized spacial score (nSPS) is 15.0. The highest BCUT2D eigenvalue weighted by atomic mass is 35.5. The van der Waals surface area contributed by atoms with Gasteiger partial charge in [0.05, 0.1) is 21.2 Å². The third-order valence-corrected chi connectivity index (χ3v) is 12.5. The Morgan fingerprint density at radius 3 is 1.95 bits per heavy atom. The molecule has 0 aliphatic carbocycles. The fourth-order valence-corrected chi connectivity index (χ4v) is 9.10. The predicted octanol–water partition coefficient (Wildman–Crippen LogP) is 11.5. The molecular formula is C45H38Cl4F2N4O6. The van der Waals surface area contributed by atoms with Gasteiger partial charge in [-0.25, -0.2) is 18.1 Å². The van der Waals surface area contributed by atoms with Crippen molar-refractivity contribution in [3.8, 4) is 68.6 Å². The fraction of sp³-hybridized carbons (Fsp3) is 0.289. The minimum Gasteiger partial charge on any atom is -0.504 e. The van der Waals surface area contributed by atoms with E-state index in [4.69, 9.17) is 60.6 Å². The Hall–Kier alpha value is -5.32. The summed E-state index contributed by atoms with van der Waals surface area (Å²) in [4.78, 5) is 27.3. The zero-order valence-electron chi connectivity index (χ0n) is 32.9. The van der Waals surface area contributed by atoms with Crippen LogP contribution in [-0.2, 0) is 26.2 Å². The number of para-hydroxylation sites is 2. The van der Waals surface area contributed by atoms with Crippen LogP contribution < -0.4 is 25.3 Å². The van der Waals surface area contributed by atoms with Gasteiger partial charge in [0.15, 0.2) is 23.0 Å². The highest BCUT2D eigenvalue weighted by Crippen LogP contribution is 2.43. The molecule has 0 amide bonds. The first-order valence-electron chi connectivity index (χ1n) is 19.6. The van der Waals surface area contributed by atoms with Crippen LogP contribution in [0.5, 0.6) is 34.5 Å². The molecule has 8 rings (SSSR count). The van der Waals surface area contributed by atoms with Crippen LogP contribution in [0.2, 0.25) is 20.4 Å². The molecule has 6 aromatic rings. The average molecular weight is 911 g/mol. The second-order valence-electron chi connectivity index (χ2n) is 15.0. The summed E-state index contributed by atoms with van der Waals surface area (Å²) in [6.45, 7) is 5.62. The average Bonchev–Trinajstić information content (AvgIpc) is 3.64. The summed E-state index contributed by atoms with van der Waals surface area (Å²) >= 11 is 26.3. The van der Waals surface area contributed by atoms with E-state index in [0.29, 0.717) is 50.5 Å². The molecule has 2 aromatic heterocycles. The summed E-state index contributed by atoms with van der Waals surface area (Å²) in [5.41, 5.74) is -0.0117. The maximum atomic E-state index is 15.5. The van der Waals surface area contributed by atoms with Crippen LogP contribution in [0.4, 0.5) is 8.78 Å². The van der Waals surface area contributed by atoms with Crippen molar-refractivity contribution < 1.29 is 28.1 Å². The second-order valence-corrected chi connectivity index (χ2v) is 16.5. The molecule has 0 radical (unpaired) electrons. The van der Waals surface area contributed by atoms with Crippen LogP contribution in [0.25, 0.3) is 22.3 Å². The summed E-state index contributed by atoms with van der Waals surface area (Å²) in [5, 5.41) is 10.4. The molecule has 1 N–H and O–H groups in total. The maximum Gasteiger partial charge on any atom is 0.276 e. The Kier molecular flexibility index (Phi) is 12.2. The van der Waals surface area contributed by atoms with Crippen molar-refractivity contribution in [1.82, 2.24) is 18.7 Å². The van der Waals surface area contributed by atoms with Gasteiger partial charge in [0, 0.05) is 37.3 Å². The number of rotatable bonds is 11. The van der Waals surface area contributed by atoms with Crippen molar-refractivity contribution in [2.45, 2.75) is 71.6 Å². The van der Waals surface area contributed by atoms with Crippen molar-refractivity contribution >= 4 is 46.4 Å². The van der Waals surface area contributed by atoms with E-state index in [1.165, 1.54) is 33.6 Å². The molecule has 2 aliphatic rings. The lowest BCUT2D eigenvalue weighted by Gasteiger charge is -2.28. The molecule has 4 aromatic carbocycles. The van der Waals surface area contributed by atoms with Gasteiger partial charge in [-0.15, -0.1) is 5.92 Å². The quantitative estimate of drug-likeness (QED) is 0.130. The van der Waals surface area contributed by atoms with E-state index in [2.05, 4.69) is 18.8 Å². The summed E-state index contributed by atoms with van der Waals surface area (Å²) < 4.78 is 55.5. The number of ether oxygens (including phenoxy) is 3. The number of phenolic OH excluding ortho intramolecular Hbond substituents is 1. The van der Waals surface area contributed by atoms with Gasteiger partial charge in [-0.05, 0) is 98.5 Å². The lowest BCUT2D eigenvalue weighted by molar-refractivity contribution is 0.242. The lowest BCUT2D eigenvalue weighted by atomic mass is 9.87. The molecule has 61 heavy (non-hydrogen) atoms. The van der Waals surface area contributed by atoms with Crippen molar-refractivity contribution in [2.24, 2.45) is 5.92 Å². The third-order valence-electron chi connectivity index (χ3n) is 11.1. The van der Waals surface area contributed by atoms with Crippen molar-refractivity contribution in [1.29, 1.82) is 0 Å². The number of nitrogens with zero attached hydrogens (tertiary/aromatic N) is 4. The molecule has 2 aliphatic heterocycles. The molecular weight excluding hydrogens is 872 g/mol. The Morgan fingerprint density at radius 2 is 1.33 bits per heavy atom. The number of hydrogen-bond acceptors (Lipinski definition) is 6. The first-order valence-corrected chi connectivity index (χ1v) is 21.1. The number of fused-ring (bicyclic) bond motifs is 2. The molecule has 0 bridgehead atoms. The number of hydrogen-bond donors (Lipinski definition) is 1. The SMILES string of the molecule is CC#CCOc1cc([C@@H](C)CC2CCn3c(Cl)c(-c4cc(Oc5ccccc5O)c(Cl)cc4F)c(=O)n3C2)ccc1Oc1cc(-c2c(Cl)n3n(c2=O)CCCC3)c(F)cc1Cl. The first-order chi connectivity index (χ1) is 29.3. The molecule has 0 saturated carbocycles. The van der Waals surface area contributed by atoms with Gasteiger partial charge in [-0.1, -0.05) is 77.4 Å². The fourth-order valence-electron chi connectivity index (χ4n) is 8.00. The van der Waals surface area contributed by atoms with E-state index in [-0.39, 0.29) is 84.0 Å². The molecule has 16 heteroatoms. The van der Waals surface area contributed by atoms with Crippen LogP contribution in [-0.4, -0.2) is 30.4 Å². The summed E-state index contributed by atoms with van der Waals surface area (Å²) in [6, 6.07) is 16.6. The number of phenols is 1. The summed E-state index contributed by atoms with van der Waals surface area (Å²) in [5.74, 6) is 5.04. The lowest BCUT2D eigenvalue weighted by Crippen LogP contribution is -2.33. The van der Waals surface area contributed by atoms with Crippen LogP contribution in [0.15, 0.2) is 76.3 Å². The molecule has 0 saturated heterocycles. The molecule has 1 unspecified atom stereocenters. The molecule has 4 heterocycles. The minimum absolute atomic E-state index is 0.0150. The third kappa shape index (κ3) is 8.24. The molecule has 10 nitrogen and oxygen atoms in total. The first kappa shape index (κ1) is 42.4. The maximum absolute atomic E-state index is 15.5. The van der Waals surface area contributed by atoms with E-state index in [0.717, 1.165) is 30.5 Å². The zero-order valence-corrected chi connectivity index (χ0v) is 35.9. The number of benzene rings is 4. The van der Waals surface area contributed by atoms with Gasteiger partial charge >= 0.3 is 0 Å². The van der Waals surface area contributed by atoms with Gasteiger partial charge < -0.3 is 19.3 Å². The zero-order chi connectivity index (χ0) is 43.1. The molecule has 316 valence electrons. The minimum atomic E-state index is -0.751. The van der Waals surface area contributed by atoms with Gasteiger partial charge in [-0.2, -0.15) is 0 Å². The highest BCUT2D eigenvalue weighted by molar-refractivity contribution is 6.34. The highest BCUT2D eigenvalue weighted by Gasteiger charge is 2.30. The van der Waals surface area contributed by atoms with Crippen LogP contribution in [0, 0.1) is 29.4 Å². The van der Waals surface area contributed by atoms with Gasteiger partial charge in [0.25, 0.3) is 11.1 Å². The molecule has 0 spiro atoms. The number of aromatic hydroxyl groups is 1. The van der Waals surface area contributed by atoms with E-state index in [1.807, 2.05) is 12.1 Å². The summed E-state index contributed by atoms with van der Waals surface area (Å²) in [7, 11) is 0. The topological polar surface area (TPSA) is 102 Å². The Balaban J connectivity index is 1.03. The monoisotopic (exact) mass is 908 g/mol. The van der Waals surface area contributed by atoms with Crippen LogP contribution in [0.3, 0.4) is 0 Å². The smallest absolute Gasteiger partial charge is 0.276 e. The van der Waals surface area contributed by atoms with Crippen molar-refractivity contribution in [3.63, 3.8) is 0 Å². The number of halogens is 6. The van der Waals surface area contributed by atoms with Crippen molar-refractivity contribution in [2.75, 3.05) is 6.61 Å². The Labute approximate surface area is 369 Å². The van der Waals surface area contributed by atoms with E-state index in [9.17, 15) is 14.7 Å². The van der Waals surface area contributed by atoms with Crippen LogP contribution >= 0.6 is 46.4 Å². The molecule has 2 atom stereocenters. The van der Waals surface area contributed by atoms with Gasteiger partial charge in [0.2, 0.25) is 0 Å². The standard InChI is InChI=1S/C45H38Cl4F2N4O6/c1-3-4-17-59-39-19-27(11-12-36(39)61-38-21-28(32(50)23-31(38)47)40-42(48)52-14-7-8-15-54(52)44(40)57)25(2)18-26-13-16-53-43(49)41(45(58)55(53)24-26)29-20-37(30(46)22-33(29)51)60-35-10-6-5-9-34(35)56/h5-6,9-12,19-23,25-26,56H,7-8,13-18,24H2,1-2H3/t25-,26?/m0/s1. The Bertz CT molecular complexity index is 2870. The van der Waals surface area contributed by atoms with Crippen LogP contribution in [0.1, 0.15) is 51.0 Å². The second kappa shape index (κ2) is 17.6. The van der Waals surface area contributed by atoms with E-state index >= 15 is 8.78 Å². The van der Waals surface area contributed by atoms with E-state index < -0.39 is 22.8 Å².